The van der Waals surface area contributed by atoms with E-state index in [0.29, 0.717) is 40.9 Å². The summed E-state index contributed by atoms with van der Waals surface area (Å²) in [5, 5.41) is 10.7. The van der Waals surface area contributed by atoms with Gasteiger partial charge in [0, 0.05) is 18.8 Å². The van der Waals surface area contributed by atoms with Crippen LogP contribution in [0.4, 0.5) is 0 Å². The van der Waals surface area contributed by atoms with Crippen LogP contribution in [0.2, 0.25) is 5.02 Å². The van der Waals surface area contributed by atoms with Gasteiger partial charge in [0.1, 0.15) is 29.0 Å². The zero-order valence-electron chi connectivity index (χ0n) is 22.3. The summed E-state index contributed by atoms with van der Waals surface area (Å²) in [4.78, 5) is 20.4. The molecule has 3 heterocycles. The molecule has 0 aliphatic carbocycles. The molecule has 0 saturated carbocycles. The lowest BCUT2D eigenvalue weighted by Crippen LogP contribution is -2.32. The quantitative estimate of drug-likeness (QED) is 0.360. The maximum Gasteiger partial charge on any atom is 0.220 e. The molecule has 1 saturated heterocycles. The Bertz CT molecular complexity index is 1410. The van der Waals surface area contributed by atoms with Crippen molar-refractivity contribution in [3.8, 4) is 17.2 Å². The fourth-order valence-corrected chi connectivity index (χ4v) is 5.87. The Labute approximate surface area is 232 Å². The molecule has 1 amide bonds. The minimum atomic E-state index is -3.94. The molecule has 39 heavy (non-hydrogen) atoms. The Morgan fingerprint density at radius 1 is 1.10 bits per heavy atom. The highest BCUT2D eigenvalue weighted by Gasteiger charge is 2.37. The van der Waals surface area contributed by atoms with Crippen molar-refractivity contribution in [3.63, 3.8) is 0 Å². The van der Waals surface area contributed by atoms with Gasteiger partial charge in [-0.15, -0.1) is 10.2 Å². The molecule has 1 aliphatic rings. The number of hydrogen-bond acceptors (Lipinski definition) is 10. The van der Waals surface area contributed by atoms with Gasteiger partial charge in [-0.3, -0.25) is 9.36 Å². The minimum absolute atomic E-state index is 0.124. The van der Waals surface area contributed by atoms with Crippen molar-refractivity contribution >= 4 is 27.3 Å². The predicted octanol–water partition coefficient (Wildman–Crippen LogP) is 3.15. The summed E-state index contributed by atoms with van der Waals surface area (Å²) in [7, 11) is -0.941. The van der Waals surface area contributed by atoms with E-state index in [1.807, 2.05) is 0 Å². The fraction of sp³-hybridized carbons (Fsp3) is 0.480. The van der Waals surface area contributed by atoms with Gasteiger partial charge in [-0.1, -0.05) is 17.7 Å². The largest absolute Gasteiger partial charge is 0.494 e. The van der Waals surface area contributed by atoms with Gasteiger partial charge in [0.2, 0.25) is 5.91 Å². The first kappa shape index (κ1) is 28.7. The number of nitrogens with one attached hydrogen (secondary N) is 1. The standard InChI is InChI=1S/C25H31ClN6O6S/c1-14(2)38-23(24-27-11-16(26)12-28-24)15(3)39(34,35)13-20-30-31-25(17-9-10-21(33)29-17)32(20)22-18(36-4)7-6-8-19(22)37-5/h6-8,11-12,14-15,17,23H,9-10,13H2,1-5H3,(H,29,33)/t15-,17+,23+/m0/s1. The number of carbonyl (C=O) groups excluding carboxylic acids is 1. The van der Waals surface area contributed by atoms with E-state index in [4.69, 9.17) is 25.8 Å². The molecule has 2 aromatic heterocycles. The monoisotopic (exact) mass is 578 g/mol. The summed E-state index contributed by atoms with van der Waals surface area (Å²) in [6.45, 7) is 5.15. The number of ether oxygens (including phenoxy) is 3. The van der Waals surface area contributed by atoms with Gasteiger partial charge in [-0.25, -0.2) is 18.4 Å². The zero-order chi connectivity index (χ0) is 28.3. The van der Waals surface area contributed by atoms with Gasteiger partial charge in [0.05, 0.1) is 36.6 Å². The molecule has 4 rings (SSSR count). The molecule has 1 N–H and O–H groups in total. The zero-order valence-corrected chi connectivity index (χ0v) is 23.9. The van der Waals surface area contributed by atoms with Gasteiger partial charge in [-0.2, -0.15) is 0 Å². The van der Waals surface area contributed by atoms with Gasteiger partial charge in [0.15, 0.2) is 27.3 Å². The molecular weight excluding hydrogens is 548 g/mol. The van der Waals surface area contributed by atoms with Crippen molar-refractivity contribution < 1.29 is 27.4 Å². The van der Waals surface area contributed by atoms with Crippen molar-refractivity contribution in [2.24, 2.45) is 0 Å². The summed E-state index contributed by atoms with van der Waals surface area (Å²) in [5.41, 5.74) is 0.428. The predicted molar refractivity (Wildman–Crippen MR) is 143 cm³/mol. The molecule has 3 aromatic rings. The highest BCUT2D eigenvalue weighted by atomic mass is 35.5. The fourth-order valence-electron chi connectivity index (χ4n) is 4.40. The number of benzene rings is 1. The van der Waals surface area contributed by atoms with Gasteiger partial charge >= 0.3 is 0 Å². The lowest BCUT2D eigenvalue weighted by Gasteiger charge is -2.25. The van der Waals surface area contributed by atoms with Crippen molar-refractivity contribution in [1.29, 1.82) is 0 Å². The smallest absolute Gasteiger partial charge is 0.220 e. The summed E-state index contributed by atoms with van der Waals surface area (Å²) < 4.78 is 46.5. The van der Waals surface area contributed by atoms with E-state index in [1.54, 1.807) is 43.5 Å². The number of aromatic nitrogens is 5. The van der Waals surface area contributed by atoms with E-state index in [0.717, 1.165) is 0 Å². The summed E-state index contributed by atoms with van der Waals surface area (Å²) in [6, 6.07) is 4.73. The van der Waals surface area contributed by atoms with E-state index in [9.17, 15) is 13.2 Å². The number of sulfone groups is 1. The van der Waals surface area contributed by atoms with Crippen molar-refractivity contribution in [3.05, 3.63) is 53.1 Å². The first-order valence-electron chi connectivity index (χ1n) is 12.3. The number of para-hydroxylation sites is 1. The summed E-state index contributed by atoms with van der Waals surface area (Å²) in [6.07, 6.45) is 2.33. The van der Waals surface area contributed by atoms with E-state index in [-0.39, 0.29) is 23.7 Å². The van der Waals surface area contributed by atoms with Crippen LogP contribution in [0.15, 0.2) is 30.6 Å². The van der Waals surface area contributed by atoms with E-state index >= 15 is 0 Å². The maximum absolute atomic E-state index is 13.9. The van der Waals surface area contributed by atoms with Gasteiger partial charge in [0.25, 0.3) is 0 Å². The van der Waals surface area contributed by atoms with E-state index in [2.05, 4.69) is 25.5 Å². The number of hydrogen-bond donors (Lipinski definition) is 1. The second-order valence-corrected chi connectivity index (χ2v) is 12.2. The minimum Gasteiger partial charge on any atom is -0.494 e. The lowest BCUT2D eigenvalue weighted by molar-refractivity contribution is -0.119. The topological polar surface area (TPSA) is 147 Å². The highest BCUT2D eigenvalue weighted by molar-refractivity contribution is 7.91. The molecule has 1 fully saturated rings. The van der Waals surface area contributed by atoms with E-state index in [1.165, 1.54) is 26.6 Å². The Morgan fingerprint density at radius 2 is 1.74 bits per heavy atom. The van der Waals surface area contributed by atoms with Crippen molar-refractivity contribution in [2.75, 3.05) is 14.2 Å². The van der Waals surface area contributed by atoms with Crippen LogP contribution >= 0.6 is 11.6 Å². The molecule has 3 atom stereocenters. The third-order valence-corrected chi connectivity index (χ3v) is 8.56. The van der Waals surface area contributed by atoms with Crippen LogP contribution in [0.5, 0.6) is 11.5 Å². The first-order chi connectivity index (χ1) is 18.6. The van der Waals surface area contributed by atoms with Crippen LogP contribution < -0.4 is 14.8 Å². The summed E-state index contributed by atoms with van der Waals surface area (Å²) >= 11 is 5.94. The number of amides is 1. The Hall–Kier alpha value is -3.29. The van der Waals surface area contributed by atoms with Crippen LogP contribution in [0.1, 0.15) is 63.2 Å². The van der Waals surface area contributed by atoms with Crippen LogP contribution in [0.25, 0.3) is 5.69 Å². The highest BCUT2D eigenvalue weighted by Crippen LogP contribution is 2.37. The molecule has 0 spiro atoms. The average Bonchev–Trinajstić information content (AvgIpc) is 3.52. The molecule has 1 aliphatic heterocycles. The first-order valence-corrected chi connectivity index (χ1v) is 14.4. The SMILES string of the molecule is COc1cccc(OC)c1-n1c(CS(=O)(=O)[C@@H](C)[C@@H](OC(C)C)c2ncc(Cl)cn2)nnc1[C@H]1CCC(=O)N1. The van der Waals surface area contributed by atoms with Crippen LogP contribution in [-0.4, -0.2) is 64.6 Å². The molecule has 14 heteroatoms. The Balaban J connectivity index is 1.79. The summed E-state index contributed by atoms with van der Waals surface area (Å²) in [5.74, 6) is 0.921. The third kappa shape index (κ3) is 6.15. The van der Waals surface area contributed by atoms with E-state index < -0.39 is 33.0 Å². The molecule has 0 bridgehead atoms. The molecule has 0 radical (unpaired) electrons. The van der Waals surface area contributed by atoms with Gasteiger partial charge < -0.3 is 19.5 Å². The number of carbonyl (C=O) groups is 1. The number of rotatable bonds is 11. The number of nitrogens with zero attached hydrogens (tertiary/aromatic N) is 5. The molecule has 210 valence electrons. The number of halogens is 1. The molecule has 1 aromatic carbocycles. The third-order valence-electron chi connectivity index (χ3n) is 6.32. The van der Waals surface area contributed by atoms with Crippen LogP contribution in [-0.2, 0) is 25.1 Å². The molecule has 12 nitrogen and oxygen atoms in total. The maximum atomic E-state index is 13.9. The second-order valence-electron chi connectivity index (χ2n) is 9.36. The average molecular weight is 579 g/mol. The Kier molecular flexibility index (Phi) is 8.72. The Morgan fingerprint density at radius 3 is 2.28 bits per heavy atom. The van der Waals surface area contributed by atoms with Crippen LogP contribution in [0, 0.1) is 0 Å². The number of methoxy groups -OCH3 is 2. The normalized spacial score (nSPS) is 17.2. The lowest BCUT2D eigenvalue weighted by atomic mass is 10.2. The molecule has 0 unspecified atom stereocenters. The van der Waals surface area contributed by atoms with Crippen molar-refractivity contribution in [1.82, 2.24) is 30.0 Å². The second kappa shape index (κ2) is 11.8. The molecular formula is C25H31ClN6O6S. The van der Waals surface area contributed by atoms with Crippen LogP contribution in [0.3, 0.4) is 0 Å². The van der Waals surface area contributed by atoms with Crippen molar-refractivity contribution in [2.45, 2.75) is 62.9 Å². The van der Waals surface area contributed by atoms with Gasteiger partial charge in [-0.05, 0) is 39.3 Å².